The van der Waals surface area contributed by atoms with Crippen molar-refractivity contribution in [2.75, 3.05) is 0 Å². The zero-order valence-corrected chi connectivity index (χ0v) is 15.5. The quantitative estimate of drug-likeness (QED) is 0.501. The number of pyridine rings is 1. The smallest absolute Gasteiger partial charge is 0.0708 e. The van der Waals surface area contributed by atoms with Crippen LogP contribution in [-0.4, -0.2) is 4.98 Å². The van der Waals surface area contributed by atoms with Crippen molar-refractivity contribution < 1.29 is 0 Å². The van der Waals surface area contributed by atoms with E-state index in [1.165, 1.54) is 27.8 Å². The number of aromatic nitrogens is 1. The lowest BCUT2D eigenvalue weighted by atomic mass is 9.98. The highest BCUT2D eigenvalue weighted by Crippen LogP contribution is 2.25. The van der Waals surface area contributed by atoms with Crippen LogP contribution >= 0.6 is 0 Å². The molecule has 0 N–H and O–H groups in total. The van der Waals surface area contributed by atoms with Crippen LogP contribution in [0.4, 0.5) is 0 Å². The van der Waals surface area contributed by atoms with Crippen molar-refractivity contribution in [2.45, 2.75) is 26.7 Å². The Balaban J connectivity index is 0.000000236. The van der Waals surface area contributed by atoms with Crippen LogP contribution in [0, 0.1) is 13.8 Å². The van der Waals surface area contributed by atoms with E-state index in [9.17, 15) is 0 Å². The van der Waals surface area contributed by atoms with Gasteiger partial charge in [-0.15, -0.1) is 0 Å². The summed E-state index contributed by atoms with van der Waals surface area (Å²) in [5.41, 5.74) is 7.37. The van der Waals surface area contributed by atoms with Gasteiger partial charge in [0.1, 0.15) is 0 Å². The predicted octanol–water partition coefficient (Wildman–Crippen LogP) is 6.79. The van der Waals surface area contributed by atoms with Gasteiger partial charge < -0.3 is 0 Å². The second-order valence-electron chi connectivity index (χ2n) is 6.59. The van der Waals surface area contributed by atoms with Crippen molar-refractivity contribution in [1.29, 1.82) is 0 Å². The molecule has 1 aliphatic carbocycles. The normalized spacial score (nSPS) is 12.8. The summed E-state index contributed by atoms with van der Waals surface area (Å²) in [7, 11) is 0. The molecule has 1 heterocycles. The van der Waals surface area contributed by atoms with Gasteiger partial charge in [0, 0.05) is 11.8 Å². The number of nitrogens with zero attached hydrogens (tertiary/aromatic N) is 1. The molecule has 0 amide bonds. The summed E-state index contributed by atoms with van der Waals surface area (Å²) in [5.74, 6) is 0. The van der Waals surface area contributed by atoms with E-state index >= 15 is 0 Å². The summed E-state index contributed by atoms with van der Waals surface area (Å²) < 4.78 is 0. The van der Waals surface area contributed by atoms with Crippen LogP contribution in [-0.2, 0) is 0 Å². The molecule has 0 spiro atoms. The lowest BCUT2D eigenvalue weighted by molar-refractivity contribution is 1.04. The fraction of sp³-hybridized carbons (Fsp3) is 0.160. The molecule has 2 aromatic carbocycles. The van der Waals surface area contributed by atoms with Gasteiger partial charge in [-0.1, -0.05) is 77.9 Å². The van der Waals surface area contributed by atoms with Gasteiger partial charge in [-0.05, 0) is 56.0 Å². The van der Waals surface area contributed by atoms with E-state index in [0.29, 0.717) is 0 Å². The first kappa shape index (κ1) is 17.9. The molecule has 26 heavy (non-hydrogen) atoms. The zero-order chi connectivity index (χ0) is 18.2. The molecule has 0 fully saturated rings. The van der Waals surface area contributed by atoms with E-state index in [0.717, 1.165) is 18.5 Å². The highest BCUT2D eigenvalue weighted by atomic mass is 14.7. The third-order valence-electron chi connectivity index (χ3n) is 4.34. The van der Waals surface area contributed by atoms with Gasteiger partial charge >= 0.3 is 0 Å². The molecule has 1 aromatic heterocycles. The monoisotopic (exact) mass is 339 g/mol. The number of aryl methyl sites for hydroxylation is 2. The Morgan fingerprint density at radius 1 is 0.731 bits per heavy atom. The number of rotatable bonds is 2. The topological polar surface area (TPSA) is 12.9 Å². The summed E-state index contributed by atoms with van der Waals surface area (Å²) in [6.45, 7) is 4.19. The molecule has 130 valence electrons. The third-order valence-corrected chi connectivity index (χ3v) is 4.34. The van der Waals surface area contributed by atoms with Crippen molar-refractivity contribution in [3.8, 4) is 11.3 Å². The first-order valence-corrected chi connectivity index (χ1v) is 9.14. The minimum atomic E-state index is 1.04. The Morgan fingerprint density at radius 3 is 2.19 bits per heavy atom. The number of hydrogen-bond acceptors (Lipinski definition) is 1. The van der Waals surface area contributed by atoms with Gasteiger partial charge in [-0.25, -0.2) is 0 Å². The van der Waals surface area contributed by atoms with Gasteiger partial charge in [0.25, 0.3) is 0 Å². The maximum absolute atomic E-state index is 4.49. The predicted molar refractivity (Wildman–Crippen MR) is 112 cm³/mol. The Kier molecular flexibility index (Phi) is 6.16. The highest BCUT2D eigenvalue weighted by molar-refractivity contribution is 5.77. The van der Waals surface area contributed by atoms with Crippen molar-refractivity contribution in [3.05, 3.63) is 108 Å². The van der Waals surface area contributed by atoms with Gasteiger partial charge in [-0.3, -0.25) is 4.98 Å². The maximum Gasteiger partial charge on any atom is 0.0708 e. The molecule has 0 bridgehead atoms. The van der Waals surface area contributed by atoms with E-state index in [1.807, 2.05) is 24.4 Å². The molecular weight excluding hydrogens is 314 g/mol. The molecule has 0 aliphatic heterocycles. The molecule has 0 saturated heterocycles. The summed E-state index contributed by atoms with van der Waals surface area (Å²) in [4.78, 5) is 4.49. The standard InChI is InChI=1S/C18H17N.C7H8/c1-14-6-5-9-17(12-14)18-13-16(10-11-19-18)15-7-3-2-4-8-15;1-7-5-3-2-4-6-7/h3,5-13H,2,4H2,1H3;2-6H,1H3. The molecule has 0 unspecified atom stereocenters. The fourth-order valence-electron chi connectivity index (χ4n) is 2.93. The van der Waals surface area contributed by atoms with Crippen LogP contribution in [0.2, 0.25) is 0 Å². The first-order chi connectivity index (χ1) is 12.7. The molecular formula is C25H25N. The number of benzene rings is 2. The lowest BCUT2D eigenvalue weighted by Crippen LogP contribution is -1.90. The Hall–Kier alpha value is -2.93. The van der Waals surface area contributed by atoms with Crippen molar-refractivity contribution in [2.24, 2.45) is 0 Å². The Labute approximate surface area is 156 Å². The van der Waals surface area contributed by atoms with Crippen LogP contribution in [0.3, 0.4) is 0 Å². The molecule has 0 saturated carbocycles. The molecule has 3 aromatic rings. The third kappa shape index (κ3) is 5.03. The summed E-state index contributed by atoms with van der Waals surface area (Å²) in [5, 5.41) is 0. The van der Waals surface area contributed by atoms with E-state index < -0.39 is 0 Å². The second-order valence-corrected chi connectivity index (χ2v) is 6.59. The Morgan fingerprint density at radius 2 is 1.54 bits per heavy atom. The van der Waals surface area contributed by atoms with Gasteiger partial charge in [0.05, 0.1) is 5.69 Å². The maximum atomic E-state index is 4.49. The van der Waals surface area contributed by atoms with E-state index in [-0.39, 0.29) is 0 Å². The van der Waals surface area contributed by atoms with Gasteiger partial charge in [-0.2, -0.15) is 0 Å². The van der Waals surface area contributed by atoms with E-state index in [4.69, 9.17) is 0 Å². The largest absolute Gasteiger partial charge is 0.256 e. The molecule has 1 heteroatoms. The van der Waals surface area contributed by atoms with Crippen molar-refractivity contribution in [3.63, 3.8) is 0 Å². The number of hydrogen-bond donors (Lipinski definition) is 0. The molecule has 0 radical (unpaired) electrons. The fourth-order valence-corrected chi connectivity index (χ4v) is 2.93. The zero-order valence-electron chi connectivity index (χ0n) is 15.5. The van der Waals surface area contributed by atoms with E-state index in [2.05, 4.69) is 85.6 Å². The first-order valence-electron chi connectivity index (χ1n) is 9.14. The lowest BCUT2D eigenvalue weighted by Gasteiger charge is -2.09. The van der Waals surface area contributed by atoms with Crippen LogP contribution in [0.25, 0.3) is 16.8 Å². The van der Waals surface area contributed by atoms with Gasteiger partial charge in [0.15, 0.2) is 0 Å². The van der Waals surface area contributed by atoms with Crippen LogP contribution in [0.5, 0.6) is 0 Å². The average Bonchev–Trinajstić information content (AvgIpc) is 2.70. The summed E-state index contributed by atoms with van der Waals surface area (Å²) in [6, 6.07) is 23.0. The molecule has 1 aliphatic rings. The second kappa shape index (κ2) is 8.96. The molecule has 1 nitrogen and oxygen atoms in total. The molecule has 0 atom stereocenters. The molecule has 4 rings (SSSR count). The van der Waals surface area contributed by atoms with Crippen LogP contribution in [0.1, 0.15) is 29.5 Å². The van der Waals surface area contributed by atoms with E-state index in [1.54, 1.807) is 0 Å². The number of allylic oxidation sites excluding steroid dienone is 4. The van der Waals surface area contributed by atoms with Crippen LogP contribution < -0.4 is 0 Å². The Bertz CT molecular complexity index is 904. The minimum absolute atomic E-state index is 1.04. The minimum Gasteiger partial charge on any atom is -0.256 e. The van der Waals surface area contributed by atoms with Crippen molar-refractivity contribution >= 4 is 5.57 Å². The average molecular weight is 339 g/mol. The van der Waals surface area contributed by atoms with Crippen molar-refractivity contribution in [1.82, 2.24) is 4.98 Å². The SMILES string of the molecule is Cc1cccc(-c2cc(C3=CCCC=C3)ccn2)c1.Cc1ccccc1. The summed E-state index contributed by atoms with van der Waals surface area (Å²) >= 11 is 0. The summed E-state index contributed by atoms with van der Waals surface area (Å²) in [6.07, 6.45) is 10.9. The highest BCUT2D eigenvalue weighted by Gasteiger charge is 2.05. The van der Waals surface area contributed by atoms with Crippen LogP contribution in [0.15, 0.2) is 91.2 Å². The van der Waals surface area contributed by atoms with Gasteiger partial charge in [0.2, 0.25) is 0 Å².